The fraction of sp³-hybridized carbons (Fsp3) is 0.650. The van der Waals surface area contributed by atoms with Crippen LogP contribution in [0.25, 0.3) is 0 Å². The second-order valence-corrected chi connectivity index (χ2v) is 7.49. The first-order chi connectivity index (χ1) is 11.5. The average molecular weight is 330 g/mol. The minimum atomic E-state index is 0.143. The summed E-state index contributed by atoms with van der Waals surface area (Å²) in [6.45, 7) is 5.79. The lowest BCUT2D eigenvalue weighted by Gasteiger charge is -2.36. The van der Waals surface area contributed by atoms with Crippen molar-refractivity contribution in [2.75, 3.05) is 13.1 Å². The van der Waals surface area contributed by atoms with Gasteiger partial charge in [0.1, 0.15) is 11.9 Å². The summed E-state index contributed by atoms with van der Waals surface area (Å²) in [5, 5.41) is 0. The maximum atomic E-state index is 12.7. The summed E-state index contributed by atoms with van der Waals surface area (Å²) < 4.78 is 6.25. The topological polar surface area (TPSA) is 55.6 Å². The van der Waals surface area contributed by atoms with Crippen LogP contribution >= 0.6 is 0 Å². The maximum Gasteiger partial charge on any atom is 0.225 e. The Morgan fingerprint density at radius 1 is 1.12 bits per heavy atom. The molecule has 0 bridgehead atoms. The molecule has 132 valence electrons. The highest BCUT2D eigenvalue weighted by Crippen LogP contribution is 2.29. The largest absolute Gasteiger partial charge is 0.490 e. The van der Waals surface area contributed by atoms with Crippen LogP contribution in [0.2, 0.25) is 0 Å². The monoisotopic (exact) mass is 330 g/mol. The molecule has 1 aromatic rings. The highest BCUT2D eigenvalue weighted by atomic mass is 16.5. The molecule has 0 radical (unpaired) electrons. The summed E-state index contributed by atoms with van der Waals surface area (Å²) in [4.78, 5) is 14.7. The van der Waals surface area contributed by atoms with Crippen molar-refractivity contribution >= 4 is 5.91 Å². The third-order valence-electron chi connectivity index (χ3n) is 5.51. The molecule has 1 saturated heterocycles. The summed E-state index contributed by atoms with van der Waals surface area (Å²) in [7, 11) is 0. The van der Waals surface area contributed by atoms with Crippen LogP contribution in [0.5, 0.6) is 5.75 Å². The molecular formula is C20H30N2O2. The number of carbonyl (C=O) groups excluding carboxylic acids is 1. The molecule has 1 heterocycles. The fourth-order valence-corrected chi connectivity index (χ4v) is 4.06. The molecule has 1 aromatic carbocycles. The molecule has 2 fully saturated rings. The SMILES string of the molecule is Cc1cccc(C)c1OC1CCN(C(=O)[C@@H]2CCC[C@H](N)C2)CC1. The van der Waals surface area contributed by atoms with Gasteiger partial charge >= 0.3 is 0 Å². The third-order valence-corrected chi connectivity index (χ3v) is 5.51. The highest BCUT2D eigenvalue weighted by Gasteiger charge is 2.31. The van der Waals surface area contributed by atoms with Crippen LogP contribution in [0.4, 0.5) is 0 Å². The lowest BCUT2D eigenvalue weighted by Crippen LogP contribution is -2.46. The van der Waals surface area contributed by atoms with Crippen molar-refractivity contribution in [3.8, 4) is 5.75 Å². The number of hydrogen-bond donors (Lipinski definition) is 1. The maximum absolute atomic E-state index is 12.7. The molecule has 0 aromatic heterocycles. The van der Waals surface area contributed by atoms with Crippen molar-refractivity contribution in [2.24, 2.45) is 11.7 Å². The molecule has 2 N–H and O–H groups in total. The molecule has 1 amide bonds. The minimum absolute atomic E-state index is 0.143. The van der Waals surface area contributed by atoms with E-state index in [-0.39, 0.29) is 18.1 Å². The zero-order chi connectivity index (χ0) is 17.1. The van der Waals surface area contributed by atoms with E-state index in [1.165, 1.54) is 11.1 Å². The zero-order valence-corrected chi connectivity index (χ0v) is 15.0. The van der Waals surface area contributed by atoms with Crippen LogP contribution < -0.4 is 10.5 Å². The summed E-state index contributed by atoms with van der Waals surface area (Å²) in [6, 6.07) is 6.45. The van der Waals surface area contributed by atoms with Gasteiger partial charge in [-0.1, -0.05) is 24.6 Å². The number of benzene rings is 1. The smallest absolute Gasteiger partial charge is 0.225 e. The predicted octanol–water partition coefficient (Wildman–Crippen LogP) is 3.19. The van der Waals surface area contributed by atoms with Crippen molar-refractivity contribution < 1.29 is 9.53 Å². The summed E-state index contributed by atoms with van der Waals surface area (Å²) in [5.74, 6) is 1.47. The van der Waals surface area contributed by atoms with Gasteiger partial charge in [0.25, 0.3) is 0 Å². The van der Waals surface area contributed by atoms with E-state index in [2.05, 4.69) is 32.0 Å². The first-order valence-electron chi connectivity index (χ1n) is 9.32. The fourth-order valence-electron chi connectivity index (χ4n) is 4.06. The van der Waals surface area contributed by atoms with Crippen molar-refractivity contribution in [1.29, 1.82) is 0 Å². The number of para-hydroxylation sites is 1. The molecule has 1 aliphatic carbocycles. The van der Waals surface area contributed by atoms with Gasteiger partial charge < -0.3 is 15.4 Å². The average Bonchev–Trinajstić information content (AvgIpc) is 2.58. The summed E-state index contributed by atoms with van der Waals surface area (Å²) >= 11 is 0. The van der Waals surface area contributed by atoms with Crippen molar-refractivity contribution in [3.05, 3.63) is 29.3 Å². The standard InChI is InChI=1S/C20H30N2O2/c1-14-5-3-6-15(2)19(14)24-18-9-11-22(12-10-18)20(23)16-7-4-8-17(21)13-16/h3,5-6,16-18H,4,7-13,21H2,1-2H3/t16-,17+/m1/s1. The number of likely N-dealkylation sites (tertiary alicyclic amines) is 1. The number of rotatable bonds is 3. The van der Waals surface area contributed by atoms with Crippen molar-refractivity contribution in [2.45, 2.75) is 64.5 Å². The molecule has 0 unspecified atom stereocenters. The second-order valence-electron chi connectivity index (χ2n) is 7.49. The van der Waals surface area contributed by atoms with Crippen LogP contribution in [-0.4, -0.2) is 36.0 Å². The van der Waals surface area contributed by atoms with Gasteiger partial charge in [0.15, 0.2) is 0 Å². The molecule has 2 atom stereocenters. The molecule has 3 rings (SSSR count). The Bertz CT molecular complexity index is 559. The van der Waals surface area contributed by atoms with Crippen LogP contribution in [0.3, 0.4) is 0 Å². The number of aryl methyl sites for hydroxylation is 2. The number of nitrogens with two attached hydrogens (primary N) is 1. The lowest BCUT2D eigenvalue weighted by molar-refractivity contribution is -0.138. The van der Waals surface area contributed by atoms with Crippen LogP contribution in [-0.2, 0) is 4.79 Å². The van der Waals surface area contributed by atoms with E-state index in [0.717, 1.165) is 57.4 Å². The van der Waals surface area contributed by atoms with Crippen molar-refractivity contribution in [3.63, 3.8) is 0 Å². The molecule has 1 saturated carbocycles. The molecular weight excluding hydrogens is 300 g/mol. The molecule has 4 heteroatoms. The minimum Gasteiger partial charge on any atom is -0.490 e. The predicted molar refractivity (Wildman–Crippen MR) is 96.1 cm³/mol. The van der Waals surface area contributed by atoms with Crippen molar-refractivity contribution in [1.82, 2.24) is 4.90 Å². The van der Waals surface area contributed by atoms with Gasteiger partial charge in [0.2, 0.25) is 5.91 Å². The number of nitrogens with zero attached hydrogens (tertiary/aromatic N) is 1. The van der Waals surface area contributed by atoms with E-state index >= 15 is 0 Å². The van der Waals surface area contributed by atoms with E-state index < -0.39 is 0 Å². The third kappa shape index (κ3) is 3.92. The molecule has 1 aliphatic heterocycles. The molecule has 0 spiro atoms. The number of carbonyl (C=O) groups is 1. The van der Waals surface area contributed by atoms with Gasteiger partial charge in [0.05, 0.1) is 0 Å². The lowest BCUT2D eigenvalue weighted by atomic mass is 9.85. The van der Waals surface area contributed by atoms with Gasteiger partial charge in [0, 0.05) is 37.9 Å². The first kappa shape index (κ1) is 17.3. The second kappa shape index (κ2) is 7.56. The number of piperidine rings is 1. The molecule has 24 heavy (non-hydrogen) atoms. The van der Waals surface area contributed by atoms with Gasteiger partial charge in [-0.25, -0.2) is 0 Å². The van der Waals surface area contributed by atoms with E-state index in [9.17, 15) is 4.79 Å². The molecule has 2 aliphatic rings. The van der Waals surface area contributed by atoms with E-state index in [1.54, 1.807) is 0 Å². The Morgan fingerprint density at radius 3 is 2.42 bits per heavy atom. The number of hydrogen-bond acceptors (Lipinski definition) is 3. The van der Waals surface area contributed by atoms with E-state index in [4.69, 9.17) is 10.5 Å². The van der Waals surface area contributed by atoms with E-state index in [0.29, 0.717) is 5.91 Å². The number of ether oxygens (including phenoxy) is 1. The van der Waals surface area contributed by atoms with Crippen LogP contribution in [0, 0.1) is 19.8 Å². The Balaban J connectivity index is 1.53. The Morgan fingerprint density at radius 2 is 1.79 bits per heavy atom. The van der Waals surface area contributed by atoms with Crippen LogP contribution in [0.15, 0.2) is 18.2 Å². The van der Waals surface area contributed by atoms with Crippen LogP contribution in [0.1, 0.15) is 49.7 Å². The molecule has 4 nitrogen and oxygen atoms in total. The Kier molecular flexibility index (Phi) is 5.44. The number of amides is 1. The summed E-state index contributed by atoms with van der Waals surface area (Å²) in [6.07, 6.45) is 6.06. The zero-order valence-electron chi connectivity index (χ0n) is 15.0. The first-order valence-corrected chi connectivity index (χ1v) is 9.32. The van der Waals surface area contributed by atoms with Gasteiger partial charge in [-0.3, -0.25) is 4.79 Å². The van der Waals surface area contributed by atoms with Gasteiger partial charge in [-0.15, -0.1) is 0 Å². The summed E-state index contributed by atoms with van der Waals surface area (Å²) in [5.41, 5.74) is 8.41. The van der Waals surface area contributed by atoms with Gasteiger partial charge in [-0.05, 0) is 44.2 Å². The van der Waals surface area contributed by atoms with E-state index in [1.807, 2.05) is 4.90 Å². The normalized spacial score (nSPS) is 25.5. The Hall–Kier alpha value is -1.55. The quantitative estimate of drug-likeness (QED) is 0.926. The Labute approximate surface area is 145 Å². The highest BCUT2D eigenvalue weighted by molar-refractivity contribution is 5.79. The van der Waals surface area contributed by atoms with Gasteiger partial charge in [-0.2, -0.15) is 0 Å².